The maximum Gasteiger partial charge on any atom is 0.158 e. The van der Waals surface area contributed by atoms with Crippen LogP contribution in [0, 0.1) is 13.8 Å². The number of aromatic nitrogens is 4. The molecule has 4 nitrogen and oxygen atoms in total. The summed E-state index contributed by atoms with van der Waals surface area (Å²) in [5.74, 6) is 1.50. The molecule has 0 aliphatic heterocycles. The molecule has 0 bridgehead atoms. The summed E-state index contributed by atoms with van der Waals surface area (Å²) in [6.45, 7) is 3.80. The maximum atomic E-state index is 4.28. The summed E-state index contributed by atoms with van der Waals surface area (Å²) in [6, 6.07) is 3.77. The summed E-state index contributed by atoms with van der Waals surface area (Å²) in [6.07, 6.45) is 1.88. The highest BCUT2D eigenvalue weighted by molar-refractivity contribution is 9.10. The Labute approximate surface area is 90.1 Å². The standard InChI is InChI=1S/C9H9BrN4/c1-6-3-4-14(13-6)9-5-8(10)11-7(2)12-9/h3-5H,1-2H3. The Morgan fingerprint density at radius 1 is 1.29 bits per heavy atom. The molecule has 0 amide bonds. The third-order valence-corrected chi connectivity index (χ3v) is 2.16. The fourth-order valence-electron chi connectivity index (χ4n) is 1.18. The predicted octanol–water partition coefficient (Wildman–Crippen LogP) is 2.04. The molecule has 0 aliphatic carbocycles. The number of nitrogens with zero attached hydrogens (tertiary/aromatic N) is 4. The first-order chi connectivity index (χ1) is 6.65. The minimum Gasteiger partial charge on any atom is -0.226 e. The van der Waals surface area contributed by atoms with Crippen molar-refractivity contribution in [1.82, 2.24) is 19.7 Å². The molecule has 0 aliphatic rings. The van der Waals surface area contributed by atoms with Gasteiger partial charge in [-0.05, 0) is 35.8 Å². The topological polar surface area (TPSA) is 43.6 Å². The molecule has 2 heterocycles. The molecule has 0 spiro atoms. The third-order valence-electron chi connectivity index (χ3n) is 1.75. The highest BCUT2D eigenvalue weighted by atomic mass is 79.9. The van der Waals surface area contributed by atoms with E-state index in [-0.39, 0.29) is 0 Å². The van der Waals surface area contributed by atoms with E-state index in [4.69, 9.17) is 0 Å². The molecule has 0 saturated heterocycles. The normalized spacial score (nSPS) is 10.5. The third kappa shape index (κ3) is 1.82. The molecule has 2 rings (SSSR count). The summed E-state index contributed by atoms with van der Waals surface area (Å²) < 4.78 is 2.50. The average Bonchev–Trinajstić information content (AvgIpc) is 2.50. The van der Waals surface area contributed by atoms with E-state index >= 15 is 0 Å². The molecular weight excluding hydrogens is 244 g/mol. The van der Waals surface area contributed by atoms with Crippen molar-refractivity contribution in [1.29, 1.82) is 0 Å². The van der Waals surface area contributed by atoms with Crippen molar-refractivity contribution < 1.29 is 0 Å². The van der Waals surface area contributed by atoms with Crippen LogP contribution < -0.4 is 0 Å². The number of hydrogen-bond acceptors (Lipinski definition) is 3. The minimum atomic E-state index is 0.725. The van der Waals surface area contributed by atoms with Crippen molar-refractivity contribution in [3.05, 3.63) is 34.5 Å². The van der Waals surface area contributed by atoms with Gasteiger partial charge < -0.3 is 0 Å². The highest BCUT2D eigenvalue weighted by Gasteiger charge is 2.02. The largest absolute Gasteiger partial charge is 0.226 e. The van der Waals surface area contributed by atoms with Crippen LogP contribution in [0.25, 0.3) is 5.82 Å². The van der Waals surface area contributed by atoms with Crippen molar-refractivity contribution in [2.45, 2.75) is 13.8 Å². The van der Waals surface area contributed by atoms with Crippen LogP contribution >= 0.6 is 15.9 Å². The van der Waals surface area contributed by atoms with Gasteiger partial charge in [0.2, 0.25) is 0 Å². The summed E-state index contributed by atoms with van der Waals surface area (Å²) in [7, 11) is 0. The smallest absolute Gasteiger partial charge is 0.158 e. The molecule has 0 fully saturated rings. The highest BCUT2D eigenvalue weighted by Crippen LogP contribution is 2.11. The Morgan fingerprint density at radius 3 is 2.64 bits per heavy atom. The second-order valence-electron chi connectivity index (χ2n) is 3.00. The maximum absolute atomic E-state index is 4.28. The molecule has 5 heteroatoms. The predicted molar refractivity (Wildman–Crippen MR) is 56.3 cm³/mol. The van der Waals surface area contributed by atoms with Gasteiger partial charge in [0.15, 0.2) is 5.82 Å². The van der Waals surface area contributed by atoms with E-state index in [1.165, 1.54) is 0 Å². The van der Waals surface area contributed by atoms with E-state index in [2.05, 4.69) is 31.0 Å². The summed E-state index contributed by atoms with van der Waals surface area (Å²) in [5, 5.41) is 4.27. The number of halogens is 1. The van der Waals surface area contributed by atoms with Gasteiger partial charge in [-0.2, -0.15) is 5.10 Å². The van der Waals surface area contributed by atoms with Gasteiger partial charge in [-0.3, -0.25) is 0 Å². The van der Waals surface area contributed by atoms with E-state index in [1.807, 2.05) is 32.2 Å². The Kier molecular flexibility index (Phi) is 2.33. The van der Waals surface area contributed by atoms with Crippen LogP contribution in [0.3, 0.4) is 0 Å². The van der Waals surface area contributed by atoms with Gasteiger partial charge >= 0.3 is 0 Å². The van der Waals surface area contributed by atoms with Crippen molar-refractivity contribution in [2.24, 2.45) is 0 Å². The molecule has 2 aromatic rings. The van der Waals surface area contributed by atoms with E-state index in [9.17, 15) is 0 Å². The molecule has 14 heavy (non-hydrogen) atoms. The Hall–Kier alpha value is -1.23. The quantitative estimate of drug-likeness (QED) is 0.730. The number of rotatable bonds is 1. The van der Waals surface area contributed by atoms with Crippen molar-refractivity contribution in [3.8, 4) is 5.82 Å². The first kappa shape index (κ1) is 9.33. The Balaban J connectivity index is 2.51. The average molecular weight is 253 g/mol. The van der Waals surface area contributed by atoms with Gasteiger partial charge in [0.05, 0.1) is 5.69 Å². The van der Waals surface area contributed by atoms with Crippen LogP contribution in [0.4, 0.5) is 0 Å². The molecule has 0 radical (unpaired) electrons. The molecular formula is C9H9BrN4. The minimum absolute atomic E-state index is 0.725. The van der Waals surface area contributed by atoms with Crippen molar-refractivity contribution >= 4 is 15.9 Å². The lowest BCUT2D eigenvalue weighted by molar-refractivity contribution is 0.813. The van der Waals surface area contributed by atoms with Crippen LogP contribution in [-0.2, 0) is 0 Å². The fraction of sp³-hybridized carbons (Fsp3) is 0.222. The molecule has 0 N–H and O–H groups in total. The lowest BCUT2D eigenvalue weighted by Crippen LogP contribution is -2.01. The summed E-state index contributed by atoms with van der Waals surface area (Å²) in [5.41, 5.74) is 0.970. The summed E-state index contributed by atoms with van der Waals surface area (Å²) in [4.78, 5) is 8.41. The van der Waals surface area contributed by atoms with Crippen LogP contribution in [-0.4, -0.2) is 19.7 Å². The van der Waals surface area contributed by atoms with E-state index in [0.29, 0.717) is 0 Å². The monoisotopic (exact) mass is 252 g/mol. The Bertz CT molecular complexity index is 443. The van der Waals surface area contributed by atoms with Crippen LogP contribution in [0.15, 0.2) is 22.9 Å². The van der Waals surface area contributed by atoms with Gasteiger partial charge in [-0.1, -0.05) is 0 Å². The van der Waals surface area contributed by atoms with Crippen LogP contribution in [0.2, 0.25) is 0 Å². The van der Waals surface area contributed by atoms with Crippen molar-refractivity contribution in [3.63, 3.8) is 0 Å². The van der Waals surface area contributed by atoms with Crippen LogP contribution in [0.5, 0.6) is 0 Å². The lowest BCUT2D eigenvalue weighted by Gasteiger charge is -2.01. The van der Waals surface area contributed by atoms with Gasteiger partial charge in [-0.25, -0.2) is 14.6 Å². The molecule has 0 unspecified atom stereocenters. The Morgan fingerprint density at radius 2 is 2.07 bits per heavy atom. The molecule has 72 valence electrons. The zero-order valence-electron chi connectivity index (χ0n) is 7.90. The van der Waals surface area contributed by atoms with E-state index in [0.717, 1.165) is 21.9 Å². The van der Waals surface area contributed by atoms with Crippen molar-refractivity contribution in [2.75, 3.05) is 0 Å². The lowest BCUT2D eigenvalue weighted by atomic mass is 10.5. The molecule has 2 aromatic heterocycles. The zero-order chi connectivity index (χ0) is 10.1. The summed E-state index contributed by atoms with van der Waals surface area (Å²) >= 11 is 3.32. The van der Waals surface area contributed by atoms with E-state index < -0.39 is 0 Å². The van der Waals surface area contributed by atoms with Gasteiger partial charge in [0, 0.05) is 12.3 Å². The first-order valence-corrected chi connectivity index (χ1v) is 4.98. The first-order valence-electron chi connectivity index (χ1n) is 4.19. The van der Waals surface area contributed by atoms with Gasteiger partial charge in [0.1, 0.15) is 10.4 Å². The second-order valence-corrected chi connectivity index (χ2v) is 3.81. The van der Waals surface area contributed by atoms with E-state index in [1.54, 1.807) is 4.68 Å². The van der Waals surface area contributed by atoms with Crippen LogP contribution in [0.1, 0.15) is 11.5 Å². The number of aryl methyl sites for hydroxylation is 2. The molecule has 0 saturated carbocycles. The van der Waals surface area contributed by atoms with Gasteiger partial charge in [0.25, 0.3) is 0 Å². The fourth-order valence-corrected chi connectivity index (χ4v) is 1.64. The van der Waals surface area contributed by atoms with Gasteiger partial charge in [-0.15, -0.1) is 0 Å². The zero-order valence-corrected chi connectivity index (χ0v) is 9.48. The second kappa shape index (κ2) is 3.49. The molecule has 0 atom stereocenters. The molecule has 0 aromatic carbocycles. The number of hydrogen-bond donors (Lipinski definition) is 0. The SMILES string of the molecule is Cc1ccn(-c2cc(Br)nc(C)n2)n1.